The molecule has 2 aromatic heterocycles. The van der Waals surface area contributed by atoms with Crippen LogP contribution in [0.25, 0.3) is 21.8 Å². The lowest BCUT2D eigenvalue weighted by Gasteiger charge is -2.09. The number of benzene rings is 2. The summed E-state index contributed by atoms with van der Waals surface area (Å²) in [5, 5.41) is 5.85. The smallest absolute Gasteiger partial charge is 0.126 e. The van der Waals surface area contributed by atoms with Gasteiger partial charge >= 0.3 is 0 Å². The summed E-state index contributed by atoms with van der Waals surface area (Å²) in [7, 11) is 0. The molecule has 0 spiro atoms. The van der Waals surface area contributed by atoms with Crippen molar-refractivity contribution in [1.29, 1.82) is 0 Å². The van der Waals surface area contributed by atoms with Crippen LogP contribution in [0.3, 0.4) is 0 Å². The van der Waals surface area contributed by atoms with E-state index in [9.17, 15) is 0 Å². The largest absolute Gasteiger partial charge is 0.493 e. The Labute approximate surface area is 152 Å². The number of fused-ring (bicyclic) bond motifs is 3. The second kappa shape index (κ2) is 6.37. The average Bonchev–Trinajstić information content (AvgIpc) is 3.44. The molecule has 4 heteroatoms. The van der Waals surface area contributed by atoms with Crippen LogP contribution >= 0.6 is 0 Å². The van der Waals surface area contributed by atoms with E-state index in [1.165, 1.54) is 29.2 Å². The van der Waals surface area contributed by atoms with Crippen LogP contribution in [-0.2, 0) is 6.54 Å². The first-order chi connectivity index (χ1) is 12.8. The summed E-state index contributed by atoms with van der Waals surface area (Å²) in [6.07, 6.45) is 4.51. The number of ether oxygens (including phenoxy) is 1. The minimum absolute atomic E-state index is 0.724. The Morgan fingerprint density at radius 1 is 1.00 bits per heavy atom. The van der Waals surface area contributed by atoms with Crippen LogP contribution in [0.15, 0.2) is 60.8 Å². The Bertz CT molecular complexity index is 1070. The standard InChI is InChI=1S/C22H21N3O/c1-2-7-20-18(6-1)19-11-22(24-13-21(19)25-20)23-12-16-4-3-5-17(10-16)26-14-15-8-9-15/h1-7,10-11,13,15,25H,8-9,12,14H2,(H,23,24). The highest BCUT2D eigenvalue weighted by Gasteiger charge is 2.21. The number of aromatic nitrogens is 2. The zero-order valence-electron chi connectivity index (χ0n) is 14.5. The highest BCUT2D eigenvalue weighted by atomic mass is 16.5. The Hall–Kier alpha value is -3.01. The van der Waals surface area contributed by atoms with Gasteiger partial charge in [-0.1, -0.05) is 30.3 Å². The second-order valence-corrected chi connectivity index (χ2v) is 7.04. The molecule has 1 fully saturated rings. The van der Waals surface area contributed by atoms with Crippen molar-refractivity contribution < 1.29 is 4.74 Å². The van der Waals surface area contributed by atoms with Crippen molar-refractivity contribution in [2.75, 3.05) is 11.9 Å². The highest BCUT2D eigenvalue weighted by Crippen LogP contribution is 2.30. The van der Waals surface area contributed by atoms with Gasteiger partial charge in [0.25, 0.3) is 0 Å². The first-order valence-corrected chi connectivity index (χ1v) is 9.17. The molecule has 1 aliphatic rings. The monoisotopic (exact) mass is 343 g/mol. The highest BCUT2D eigenvalue weighted by molar-refractivity contribution is 6.07. The maximum absolute atomic E-state index is 5.87. The van der Waals surface area contributed by atoms with Gasteiger partial charge in [-0.15, -0.1) is 0 Å². The molecular formula is C22H21N3O. The fourth-order valence-electron chi connectivity index (χ4n) is 3.28. The van der Waals surface area contributed by atoms with Crippen LogP contribution in [0.1, 0.15) is 18.4 Å². The number of nitrogens with one attached hydrogen (secondary N) is 2. The summed E-state index contributed by atoms with van der Waals surface area (Å²) in [5.74, 6) is 2.60. The van der Waals surface area contributed by atoms with Crippen LogP contribution in [0.2, 0.25) is 0 Å². The number of pyridine rings is 1. The third-order valence-electron chi connectivity index (χ3n) is 4.95. The summed E-state index contributed by atoms with van der Waals surface area (Å²) in [5.41, 5.74) is 3.40. The fourth-order valence-corrected chi connectivity index (χ4v) is 3.28. The molecule has 0 unspecified atom stereocenters. The minimum Gasteiger partial charge on any atom is -0.493 e. The Kier molecular flexibility index (Phi) is 3.74. The maximum Gasteiger partial charge on any atom is 0.126 e. The van der Waals surface area contributed by atoms with Crippen LogP contribution in [0, 0.1) is 5.92 Å². The van der Waals surface area contributed by atoms with Crippen molar-refractivity contribution in [3.05, 3.63) is 66.4 Å². The molecule has 4 nitrogen and oxygen atoms in total. The van der Waals surface area contributed by atoms with Gasteiger partial charge in [0.2, 0.25) is 0 Å². The van der Waals surface area contributed by atoms with Crippen LogP contribution < -0.4 is 10.1 Å². The van der Waals surface area contributed by atoms with Crippen LogP contribution in [0.4, 0.5) is 5.82 Å². The van der Waals surface area contributed by atoms with Crippen LogP contribution in [0.5, 0.6) is 5.75 Å². The van der Waals surface area contributed by atoms with E-state index in [0.29, 0.717) is 0 Å². The normalized spacial score (nSPS) is 14.0. The van der Waals surface area contributed by atoms with Gasteiger partial charge in [-0.2, -0.15) is 0 Å². The van der Waals surface area contributed by atoms with E-state index < -0.39 is 0 Å². The molecule has 2 N–H and O–H groups in total. The number of H-pyrrole nitrogens is 1. The van der Waals surface area contributed by atoms with Gasteiger partial charge in [0.1, 0.15) is 11.6 Å². The molecule has 4 aromatic rings. The lowest BCUT2D eigenvalue weighted by atomic mass is 10.2. The molecule has 0 atom stereocenters. The number of para-hydroxylation sites is 1. The quantitative estimate of drug-likeness (QED) is 0.511. The second-order valence-electron chi connectivity index (χ2n) is 7.04. The van der Waals surface area contributed by atoms with Gasteiger partial charge < -0.3 is 15.0 Å². The van der Waals surface area contributed by atoms with E-state index >= 15 is 0 Å². The molecule has 2 heterocycles. The average molecular weight is 343 g/mol. The first-order valence-electron chi connectivity index (χ1n) is 9.17. The van der Waals surface area contributed by atoms with E-state index in [1.807, 2.05) is 18.3 Å². The predicted molar refractivity (Wildman–Crippen MR) is 106 cm³/mol. The number of hydrogen-bond acceptors (Lipinski definition) is 3. The Morgan fingerprint density at radius 2 is 1.92 bits per heavy atom. The molecule has 0 saturated heterocycles. The number of hydrogen-bond donors (Lipinski definition) is 2. The number of nitrogens with zero attached hydrogens (tertiary/aromatic N) is 1. The topological polar surface area (TPSA) is 49.9 Å². The lowest BCUT2D eigenvalue weighted by molar-refractivity contribution is 0.299. The van der Waals surface area contributed by atoms with Crippen molar-refractivity contribution >= 4 is 27.6 Å². The minimum atomic E-state index is 0.724. The molecule has 26 heavy (non-hydrogen) atoms. The molecule has 130 valence electrons. The molecule has 0 aliphatic heterocycles. The van der Waals surface area contributed by atoms with E-state index in [-0.39, 0.29) is 0 Å². The molecule has 1 aliphatic carbocycles. The van der Waals surface area contributed by atoms with Crippen molar-refractivity contribution in [2.45, 2.75) is 19.4 Å². The van der Waals surface area contributed by atoms with Crippen molar-refractivity contribution in [2.24, 2.45) is 5.92 Å². The van der Waals surface area contributed by atoms with E-state index in [2.05, 4.69) is 57.7 Å². The van der Waals surface area contributed by atoms with Gasteiger partial charge in [0.05, 0.1) is 18.3 Å². The summed E-state index contributed by atoms with van der Waals surface area (Å²) >= 11 is 0. The molecule has 1 saturated carbocycles. The van der Waals surface area contributed by atoms with E-state index in [1.54, 1.807) is 0 Å². The number of aromatic amines is 1. The molecule has 0 radical (unpaired) electrons. The van der Waals surface area contributed by atoms with E-state index in [0.717, 1.165) is 41.7 Å². The van der Waals surface area contributed by atoms with Gasteiger partial charge in [-0.05, 0) is 48.6 Å². The van der Waals surface area contributed by atoms with Crippen molar-refractivity contribution in [3.63, 3.8) is 0 Å². The number of rotatable bonds is 6. The molecular weight excluding hydrogens is 322 g/mol. The molecule has 0 amide bonds. The molecule has 0 bridgehead atoms. The molecule has 5 rings (SSSR count). The maximum atomic E-state index is 5.87. The molecule has 2 aromatic carbocycles. The van der Waals surface area contributed by atoms with Gasteiger partial charge in [-0.3, -0.25) is 0 Å². The number of anilines is 1. The lowest BCUT2D eigenvalue weighted by Crippen LogP contribution is -2.03. The summed E-state index contributed by atoms with van der Waals surface area (Å²) in [6, 6.07) is 18.8. The van der Waals surface area contributed by atoms with Gasteiger partial charge in [-0.25, -0.2) is 4.98 Å². The third kappa shape index (κ3) is 3.10. The Morgan fingerprint density at radius 3 is 2.85 bits per heavy atom. The summed E-state index contributed by atoms with van der Waals surface area (Å²) in [4.78, 5) is 7.94. The van der Waals surface area contributed by atoms with Crippen molar-refractivity contribution in [1.82, 2.24) is 9.97 Å². The first kappa shape index (κ1) is 15.3. The third-order valence-corrected chi connectivity index (χ3v) is 4.95. The summed E-state index contributed by atoms with van der Waals surface area (Å²) < 4.78 is 5.87. The van der Waals surface area contributed by atoms with Crippen molar-refractivity contribution in [3.8, 4) is 5.75 Å². The van der Waals surface area contributed by atoms with Crippen LogP contribution in [-0.4, -0.2) is 16.6 Å². The zero-order valence-corrected chi connectivity index (χ0v) is 14.5. The SMILES string of the molecule is c1cc(CNc2cc3c(cn2)[nH]c2ccccc23)cc(OCC2CC2)c1. The van der Waals surface area contributed by atoms with Gasteiger partial charge in [0.15, 0.2) is 0 Å². The Balaban J connectivity index is 1.33. The fraction of sp³-hybridized carbons (Fsp3) is 0.227. The summed E-state index contributed by atoms with van der Waals surface area (Å²) in [6.45, 7) is 1.57. The van der Waals surface area contributed by atoms with Gasteiger partial charge in [0, 0.05) is 22.8 Å². The van der Waals surface area contributed by atoms with E-state index in [4.69, 9.17) is 4.74 Å². The predicted octanol–water partition coefficient (Wildman–Crippen LogP) is 5.12. The zero-order chi connectivity index (χ0) is 17.3.